The maximum absolute atomic E-state index is 11.6. The molecule has 0 fully saturated rings. The standard InChI is InChI=1S/C10H21NO4S/c1-4-6-8-16(14,15)11-10(3,7-5-2)9(12)13/h11H,4-8H2,1-3H3,(H,12,13). The fourth-order valence-corrected chi connectivity index (χ4v) is 3.08. The second-order valence-corrected chi connectivity index (χ2v) is 6.00. The maximum Gasteiger partial charge on any atom is 0.324 e. The van der Waals surface area contributed by atoms with Gasteiger partial charge in [-0.05, 0) is 19.8 Å². The molecule has 1 unspecified atom stereocenters. The molecule has 0 aromatic carbocycles. The summed E-state index contributed by atoms with van der Waals surface area (Å²) in [6.07, 6.45) is 2.20. The Morgan fingerprint density at radius 2 is 1.88 bits per heavy atom. The number of rotatable bonds is 8. The molecule has 6 heteroatoms. The Balaban J connectivity index is 4.69. The molecule has 0 aliphatic heterocycles. The summed E-state index contributed by atoms with van der Waals surface area (Å²) in [5.41, 5.74) is -1.39. The molecule has 0 aromatic heterocycles. The van der Waals surface area contributed by atoms with Gasteiger partial charge < -0.3 is 5.11 Å². The number of hydrogen-bond acceptors (Lipinski definition) is 3. The first kappa shape index (κ1) is 15.4. The van der Waals surface area contributed by atoms with Crippen molar-refractivity contribution in [3.05, 3.63) is 0 Å². The number of carbonyl (C=O) groups is 1. The Hall–Kier alpha value is -0.620. The third-order valence-corrected chi connectivity index (χ3v) is 3.96. The molecular weight excluding hydrogens is 230 g/mol. The van der Waals surface area contributed by atoms with Gasteiger partial charge in [0, 0.05) is 0 Å². The van der Waals surface area contributed by atoms with Crippen LogP contribution in [0, 0.1) is 0 Å². The molecule has 2 N–H and O–H groups in total. The Kier molecular flexibility index (Phi) is 5.96. The lowest BCUT2D eigenvalue weighted by Crippen LogP contribution is -2.52. The number of aliphatic carboxylic acids is 1. The second kappa shape index (κ2) is 6.20. The minimum absolute atomic E-state index is 0.0178. The third-order valence-electron chi connectivity index (χ3n) is 2.37. The molecule has 0 saturated carbocycles. The summed E-state index contributed by atoms with van der Waals surface area (Å²) >= 11 is 0. The van der Waals surface area contributed by atoms with Crippen LogP contribution in [0.4, 0.5) is 0 Å². The van der Waals surface area contributed by atoms with E-state index in [2.05, 4.69) is 4.72 Å². The van der Waals surface area contributed by atoms with E-state index in [0.29, 0.717) is 12.8 Å². The smallest absolute Gasteiger partial charge is 0.324 e. The van der Waals surface area contributed by atoms with E-state index in [9.17, 15) is 13.2 Å². The molecule has 5 nitrogen and oxygen atoms in total. The number of hydrogen-bond donors (Lipinski definition) is 2. The van der Waals surface area contributed by atoms with Gasteiger partial charge in [-0.15, -0.1) is 0 Å². The van der Waals surface area contributed by atoms with Crippen LogP contribution in [0.3, 0.4) is 0 Å². The van der Waals surface area contributed by atoms with E-state index >= 15 is 0 Å². The number of nitrogens with one attached hydrogen (secondary N) is 1. The SMILES string of the molecule is CCCCS(=O)(=O)NC(C)(CCC)C(=O)O. The van der Waals surface area contributed by atoms with Crippen LogP contribution in [-0.4, -0.2) is 30.8 Å². The Morgan fingerprint density at radius 1 is 1.31 bits per heavy atom. The van der Waals surface area contributed by atoms with Gasteiger partial charge in [0.05, 0.1) is 5.75 Å². The molecular formula is C10H21NO4S. The van der Waals surface area contributed by atoms with Gasteiger partial charge in [0.15, 0.2) is 0 Å². The lowest BCUT2D eigenvalue weighted by atomic mass is 9.98. The minimum atomic E-state index is -3.50. The van der Waals surface area contributed by atoms with E-state index in [1.54, 1.807) is 0 Å². The monoisotopic (exact) mass is 251 g/mol. The first-order chi connectivity index (χ1) is 7.27. The van der Waals surface area contributed by atoms with Crippen molar-refractivity contribution in [3.63, 3.8) is 0 Å². The molecule has 1 atom stereocenters. The van der Waals surface area contributed by atoms with Crippen molar-refractivity contribution in [2.24, 2.45) is 0 Å². The Labute approximate surface area is 97.3 Å². The number of unbranched alkanes of at least 4 members (excludes halogenated alkanes) is 1. The maximum atomic E-state index is 11.6. The highest BCUT2D eigenvalue weighted by Gasteiger charge is 2.35. The highest BCUT2D eigenvalue weighted by molar-refractivity contribution is 7.89. The largest absolute Gasteiger partial charge is 0.480 e. The Bertz CT molecular complexity index is 326. The lowest BCUT2D eigenvalue weighted by Gasteiger charge is -2.25. The summed E-state index contributed by atoms with van der Waals surface area (Å²) in [5.74, 6) is -1.15. The van der Waals surface area contributed by atoms with Crippen LogP contribution in [0.5, 0.6) is 0 Å². The zero-order valence-electron chi connectivity index (χ0n) is 10.1. The van der Waals surface area contributed by atoms with Crippen LogP contribution in [0.25, 0.3) is 0 Å². The zero-order valence-corrected chi connectivity index (χ0v) is 10.9. The summed E-state index contributed by atoms with van der Waals surface area (Å²) in [4.78, 5) is 11.0. The quantitative estimate of drug-likeness (QED) is 0.682. The molecule has 0 aromatic rings. The van der Waals surface area contributed by atoms with E-state index in [0.717, 1.165) is 6.42 Å². The van der Waals surface area contributed by atoms with Crippen LogP contribution in [-0.2, 0) is 14.8 Å². The van der Waals surface area contributed by atoms with Crippen molar-refractivity contribution >= 4 is 16.0 Å². The van der Waals surface area contributed by atoms with Crippen LogP contribution in [0.2, 0.25) is 0 Å². The predicted octanol–water partition coefficient (Wildman–Crippen LogP) is 1.35. The van der Waals surface area contributed by atoms with Crippen molar-refractivity contribution in [1.82, 2.24) is 4.72 Å². The van der Waals surface area contributed by atoms with Crippen molar-refractivity contribution in [1.29, 1.82) is 0 Å². The molecule has 0 saturated heterocycles. The number of sulfonamides is 1. The molecule has 0 aliphatic rings. The summed E-state index contributed by atoms with van der Waals surface area (Å²) in [7, 11) is -3.50. The molecule has 0 aliphatic carbocycles. The van der Waals surface area contributed by atoms with Crippen LogP contribution < -0.4 is 4.72 Å². The highest BCUT2D eigenvalue weighted by atomic mass is 32.2. The summed E-state index contributed by atoms with van der Waals surface area (Å²) in [6.45, 7) is 5.11. The fraction of sp³-hybridized carbons (Fsp3) is 0.900. The van der Waals surface area contributed by atoms with Gasteiger partial charge in [-0.25, -0.2) is 8.42 Å². The van der Waals surface area contributed by atoms with Crippen LogP contribution in [0.15, 0.2) is 0 Å². The summed E-state index contributed by atoms with van der Waals surface area (Å²) < 4.78 is 25.5. The topological polar surface area (TPSA) is 83.5 Å². The van der Waals surface area contributed by atoms with Crippen molar-refractivity contribution in [2.75, 3.05) is 5.75 Å². The molecule has 0 heterocycles. The highest BCUT2D eigenvalue weighted by Crippen LogP contribution is 2.14. The first-order valence-electron chi connectivity index (χ1n) is 5.52. The van der Waals surface area contributed by atoms with Crippen LogP contribution in [0.1, 0.15) is 46.5 Å². The van der Waals surface area contributed by atoms with Gasteiger partial charge in [0.25, 0.3) is 0 Å². The van der Waals surface area contributed by atoms with E-state index in [1.165, 1.54) is 6.92 Å². The summed E-state index contributed by atoms with van der Waals surface area (Å²) in [6, 6.07) is 0. The van der Waals surface area contributed by atoms with Gasteiger partial charge in [-0.3, -0.25) is 4.79 Å². The molecule has 0 spiro atoms. The van der Waals surface area contributed by atoms with Gasteiger partial charge in [0.2, 0.25) is 10.0 Å². The average molecular weight is 251 g/mol. The fourth-order valence-electron chi connectivity index (χ4n) is 1.43. The molecule has 0 amide bonds. The molecule has 16 heavy (non-hydrogen) atoms. The normalized spacial score (nSPS) is 15.7. The third kappa shape index (κ3) is 4.94. The van der Waals surface area contributed by atoms with Crippen molar-refractivity contribution in [2.45, 2.75) is 52.0 Å². The lowest BCUT2D eigenvalue weighted by molar-refractivity contribution is -0.143. The Morgan fingerprint density at radius 3 is 2.25 bits per heavy atom. The summed E-state index contributed by atoms with van der Waals surface area (Å²) in [5, 5.41) is 9.03. The molecule has 0 bridgehead atoms. The van der Waals surface area contributed by atoms with E-state index < -0.39 is 21.5 Å². The zero-order chi connectivity index (χ0) is 12.8. The van der Waals surface area contributed by atoms with E-state index in [-0.39, 0.29) is 12.2 Å². The van der Waals surface area contributed by atoms with E-state index in [1.807, 2.05) is 13.8 Å². The predicted molar refractivity (Wildman–Crippen MR) is 62.8 cm³/mol. The first-order valence-corrected chi connectivity index (χ1v) is 7.17. The minimum Gasteiger partial charge on any atom is -0.480 e. The second-order valence-electron chi connectivity index (χ2n) is 4.16. The van der Waals surface area contributed by atoms with Gasteiger partial charge >= 0.3 is 5.97 Å². The van der Waals surface area contributed by atoms with Crippen molar-refractivity contribution in [3.8, 4) is 0 Å². The molecule has 0 rings (SSSR count). The van der Waals surface area contributed by atoms with Crippen molar-refractivity contribution < 1.29 is 18.3 Å². The van der Waals surface area contributed by atoms with Gasteiger partial charge in [-0.1, -0.05) is 26.7 Å². The van der Waals surface area contributed by atoms with E-state index in [4.69, 9.17) is 5.11 Å². The number of carboxylic acids is 1. The van der Waals surface area contributed by atoms with Crippen LogP contribution >= 0.6 is 0 Å². The average Bonchev–Trinajstić information content (AvgIpc) is 2.14. The van der Waals surface area contributed by atoms with Gasteiger partial charge in [0.1, 0.15) is 5.54 Å². The number of carboxylic acid groups (broad SMARTS) is 1. The van der Waals surface area contributed by atoms with Gasteiger partial charge in [-0.2, -0.15) is 4.72 Å². The molecule has 0 radical (unpaired) electrons. The molecule has 96 valence electrons.